The average Bonchev–Trinajstić information content (AvgIpc) is 2.61. The lowest BCUT2D eigenvalue weighted by molar-refractivity contribution is 0.508. The molecule has 22 heavy (non-hydrogen) atoms. The van der Waals surface area contributed by atoms with Gasteiger partial charge in [0, 0.05) is 37.0 Å². The molecule has 0 bridgehead atoms. The second-order valence-electron chi connectivity index (χ2n) is 5.49. The maximum absolute atomic E-state index is 4.07. The van der Waals surface area contributed by atoms with Crippen molar-refractivity contribution in [1.82, 2.24) is 10.3 Å². The molecule has 1 aliphatic rings. The van der Waals surface area contributed by atoms with E-state index >= 15 is 0 Å². The first-order valence-electron chi connectivity index (χ1n) is 7.78. The monoisotopic (exact) mass is 288 g/mol. The molecular weight excluding hydrogens is 268 g/mol. The number of hydrogen-bond acceptors (Lipinski definition) is 2. The van der Waals surface area contributed by atoms with Crippen LogP contribution in [0.15, 0.2) is 60.9 Å². The van der Waals surface area contributed by atoms with E-state index in [2.05, 4.69) is 58.5 Å². The van der Waals surface area contributed by atoms with Crippen LogP contribution >= 0.6 is 0 Å². The first-order valence-corrected chi connectivity index (χ1v) is 7.78. The van der Waals surface area contributed by atoms with Crippen molar-refractivity contribution in [2.45, 2.75) is 25.3 Å². The number of pyridine rings is 1. The maximum atomic E-state index is 4.07. The maximum Gasteiger partial charge on any atom is 0.0428 e. The molecule has 2 heterocycles. The lowest BCUT2D eigenvalue weighted by Crippen LogP contribution is -2.32. The third kappa shape index (κ3) is 4.07. The number of aromatic nitrogens is 1. The zero-order chi connectivity index (χ0) is 15.0. The highest BCUT2D eigenvalue weighted by atomic mass is 14.9. The molecule has 0 fully saturated rings. The summed E-state index contributed by atoms with van der Waals surface area (Å²) in [7, 11) is 0. The fourth-order valence-corrected chi connectivity index (χ4v) is 2.71. The highest BCUT2D eigenvalue weighted by Gasteiger charge is 2.14. The Balaban J connectivity index is 1.52. The van der Waals surface area contributed by atoms with E-state index < -0.39 is 0 Å². The van der Waals surface area contributed by atoms with Crippen molar-refractivity contribution < 1.29 is 0 Å². The zero-order valence-corrected chi connectivity index (χ0v) is 12.6. The van der Waals surface area contributed by atoms with E-state index in [9.17, 15) is 0 Å². The van der Waals surface area contributed by atoms with Gasteiger partial charge in [0.2, 0.25) is 0 Å². The van der Waals surface area contributed by atoms with E-state index in [1.54, 1.807) is 6.20 Å². The van der Waals surface area contributed by atoms with Gasteiger partial charge in [-0.1, -0.05) is 48.2 Å². The number of nitrogens with zero attached hydrogens (tertiary/aromatic N) is 1. The van der Waals surface area contributed by atoms with Crippen molar-refractivity contribution in [3.05, 3.63) is 72.1 Å². The van der Waals surface area contributed by atoms with E-state index in [0.29, 0.717) is 6.04 Å². The van der Waals surface area contributed by atoms with E-state index in [1.165, 1.54) is 11.1 Å². The predicted octanol–water partition coefficient (Wildman–Crippen LogP) is 3.66. The van der Waals surface area contributed by atoms with Gasteiger partial charge in [-0.2, -0.15) is 0 Å². The summed E-state index contributed by atoms with van der Waals surface area (Å²) in [5.74, 6) is 6.43. The zero-order valence-electron chi connectivity index (χ0n) is 12.6. The number of rotatable bonds is 3. The average molecular weight is 288 g/mol. The molecule has 2 aromatic rings. The van der Waals surface area contributed by atoms with Gasteiger partial charge >= 0.3 is 0 Å². The van der Waals surface area contributed by atoms with Crippen LogP contribution in [0.4, 0.5) is 0 Å². The molecule has 0 saturated heterocycles. The Hall–Kier alpha value is -2.37. The van der Waals surface area contributed by atoms with Gasteiger partial charge in [0.05, 0.1) is 0 Å². The Morgan fingerprint density at radius 1 is 1.14 bits per heavy atom. The van der Waals surface area contributed by atoms with Gasteiger partial charge in [-0.05, 0) is 36.1 Å². The largest absolute Gasteiger partial charge is 0.310 e. The smallest absolute Gasteiger partial charge is 0.0428 e. The van der Waals surface area contributed by atoms with E-state index in [4.69, 9.17) is 0 Å². The SMILES string of the molecule is C(#Cc1cccnc1)CCC1CC(c2ccccc2)=CCN1. The van der Waals surface area contributed by atoms with Gasteiger partial charge in [0.25, 0.3) is 0 Å². The second kappa shape index (κ2) is 7.59. The minimum Gasteiger partial charge on any atom is -0.310 e. The van der Waals surface area contributed by atoms with Crippen LogP contribution in [0, 0.1) is 11.8 Å². The molecule has 3 rings (SSSR count). The van der Waals surface area contributed by atoms with Crippen LogP contribution in [0.1, 0.15) is 30.4 Å². The summed E-state index contributed by atoms with van der Waals surface area (Å²) < 4.78 is 0. The Morgan fingerprint density at radius 3 is 2.86 bits per heavy atom. The molecule has 1 aromatic heterocycles. The fraction of sp³-hybridized carbons (Fsp3) is 0.250. The van der Waals surface area contributed by atoms with Crippen molar-refractivity contribution in [1.29, 1.82) is 0 Å². The van der Waals surface area contributed by atoms with Crippen molar-refractivity contribution >= 4 is 5.57 Å². The summed E-state index contributed by atoms with van der Waals surface area (Å²) in [5, 5.41) is 3.56. The van der Waals surface area contributed by atoms with Gasteiger partial charge in [0.1, 0.15) is 0 Å². The molecule has 0 radical (unpaired) electrons. The normalized spacial score (nSPS) is 17.3. The highest BCUT2D eigenvalue weighted by Crippen LogP contribution is 2.23. The van der Waals surface area contributed by atoms with Crippen molar-refractivity contribution in [3.63, 3.8) is 0 Å². The molecule has 0 saturated carbocycles. The van der Waals surface area contributed by atoms with Crippen LogP contribution in [0.3, 0.4) is 0 Å². The summed E-state index contributed by atoms with van der Waals surface area (Å²) in [6.45, 7) is 0.949. The molecule has 1 N–H and O–H groups in total. The summed E-state index contributed by atoms with van der Waals surface area (Å²) in [6, 6.07) is 15.1. The lowest BCUT2D eigenvalue weighted by Gasteiger charge is -2.24. The van der Waals surface area contributed by atoms with Crippen LogP contribution in [0.5, 0.6) is 0 Å². The number of nitrogens with one attached hydrogen (secondary N) is 1. The molecule has 0 spiro atoms. The van der Waals surface area contributed by atoms with Crippen molar-refractivity contribution in [2.75, 3.05) is 6.54 Å². The first kappa shape index (κ1) is 14.6. The number of hydrogen-bond donors (Lipinski definition) is 1. The molecular formula is C20H20N2. The second-order valence-corrected chi connectivity index (χ2v) is 5.49. The van der Waals surface area contributed by atoms with Gasteiger partial charge < -0.3 is 5.32 Å². The molecule has 110 valence electrons. The fourth-order valence-electron chi connectivity index (χ4n) is 2.71. The number of benzene rings is 1. The highest BCUT2D eigenvalue weighted by molar-refractivity contribution is 5.66. The summed E-state index contributed by atoms with van der Waals surface area (Å²) in [6.07, 6.45) is 8.95. The van der Waals surface area contributed by atoms with Gasteiger partial charge in [0.15, 0.2) is 0 Å². The molecule has 1 aliphatic heterocycles. The quantitative estimate of drug-likeness (QED) is 0.872. The third-order valence-electron chi connectivity index (χ3n) is 3.88. The summed E-state index contributed by atoms with van der Waals surface area (Å²) >= 11 is 0. The van der Waals surface area contributed by atoms with Crippen LogP contribution in [-0.4, -0.2) is 17.6 Å². The van der Waals surface area contributed by atoms with Crippen LogP contribution in [0.2, 0.25) is 0 Å². The van der Waals surface area contributed by atoms with E-state index in [1.807, 2.05) is 18.3 Å². The topological polar surface area (TPSA) is 24.9 Å². The molecule has 1 unspecified atom stereocenters. The predicted molar refractivity (Wildman–Crippen MR) is 91.2 cm³/mol. The van der Waals surface area contributed by atoms with Gasteiger partial charge in [-0.15, -0.1) is 0 Å². The Kier molecular flexibility index (Phi) is 5.02. The molecule has 2 nitrogen and oxygen atoms in total. The van der Waals surface area contributed by atoms with Crippen molar-refractivity contribution in [2.24, 2.45) is 0 Å². The lowest BCUT2D eigenvalue weighted by atomic mass is 9.93. The van der Waals surface area contributed by atoms with Crippen molar-refractivity contribution in [3.8, 4) is 11.8 Å². The van der Waals surface area contributed by atoms with Gasteiger partial charge in [-0.3, -0.25) is 4.98 Å². The Labute approximate surface area is 132 Å². The Bertz CT molecular complexity index is 678. The van der Waals surface area contributed by atoms with E-state index in [-0.39, 0.29) is 0 Å². The third-order valence-corrected chi connectivity index (χ3v) is 3.88. The molecule has 1 aromatic carbocycles. The van der Waals surface area contributed by atoms with Gasteiger partial charge in [-0.25, -0.2) is 0 Å². The van der Waals surface area contributed by atoms with Crippen LogP contribution < -0.4 is 5.32 Å². The van der Waals surface area contributed by atoms with E-state index in [0.717, 1.165) is 31.4 Å². The van der Waals surface area contributed by atoms with Crippen LogP contribution in [-0.2, 0) is 0 Å². The minimum absolute atomic E-state index is 0.517. The standard InChI is InChI=1S/C20H20N2/c1-2-9-18(10-3-1)19-12-14-22-20(15-19)11-5-4-7-17-8-6-13-21-16-17/h1-3,6,8-10,12-13,16,20,22H,5,11,14-15H2. The molecule has 0 amide bonds. The molecule has 0 aliphatic carbocycles. The Morgan fingerprint density at radius 2 is 2.05 bits per heavy atom. The molecule has 2 heteroatoms. The first-order chi connectivity index (χ1) is 10.9. The molecule has 1 atom stereocenters. The minimum atomic E-state index is 0.517. The summed E-state index contributed by atoms with van der Waals surface area (Å²) in [4.78, 5) is 4.07. The van der Waals surface area contributed by atoms with Crippen LogP contribution in [0.25, 0.3) is 5.57 Å². The summed E-state index contributed by atoms with van der Waals surface area (Å²) in [5.41, 5.74) is 3.78.